The highest BCUT2D eigenvalue weighted by atomic mass is 16.6. The van der Waals surface area contributed by atoms with Crippen LogP contribution in [0.15, 0.2) is 18.2 Å². The number of nitro benzene ring substituents is 1. The Balaban J connectivity index is 3.01. The van der Waals surface area contributed by atoms with Crippen molar-refractivity contribution in [2.24, 2.45) is 0 Å². The van der Waals surface area contributed by atoms with Gasteiger partial charge in [0.15, 0.2) is 5.75 Å². The van der Waals surface area contributed by atoms with Crippen LogP contribution in [0.5, 0.6) is 5.75 Å². The summed E-state index contributed by atoms with van der Waals surface area (Å²) in [7, 11) is 0. The van der Waals surface area contributed by atoms with Crippen LogP contribution >= 0.6 is 0 Å². The van der Waals surface area contributed by atoms with E-state index in [2.05, 4.69) is 0 Å². The van der Waals surface area contributed by atoms with E-state index in [1.54, 1.807) is 12.1 Å². The largest absolute Gasteiger partial charge is 0.487 e. The fraction of sp³-hybridized carbons (Fsp3) is 0.364. The van der Waals surface area contributed by atoms with Crippen molar-refractivity contribution < 1.29 is 9.66 Å². The van der Waals surface area contributed by atoms with Crippen molar-refractivity contribution in [2.45, 2.75) is 19.8 Å². The Bertz CT molecular complexity index is 424. The zero-order valence-electron chi connectivity index (χ0n) is 8.97. The van der Waals surface area contributed by atoms with Crippen LogP contribution in [-0.2, 0) is 6.42 Å². The number of hydrogen-bond acceptors (Lipinski definition) is 4. The lowest BCUT2D eigenvalue weighted by atomic mass is 10.1. The van der Waals surface area contributed by atoms with E-state index < -0.39 is 4.92 Å². The predicted molar refractivity (Wildman–Crippen MR) is 58.2 cm³/mol. The molecule has 1 aromatic rings. The van der Waals surface area contributed by atoms with Gasteiger partial charge in [0.2, 0.25) is 0 Å². The van der Waals surface area contributed by atoms with Crippen LogP contribution in [0.25, 0.3) is 0 Å². The summed E-state index contributed by atoms with van der Waals surface area (Å²) in [6.07, 6.45) is 1.00. The molecule has 5 nitrogen and oxygen atoms in total. The second kappa shape index (κ2) is 5.71. The van der Waals surface area contributed by atoms with Gasteiger partial charge in [-0.15, -0.1) is 0 Å². The summed E-state index contributed by atoms with van der Waals surface area (Å²) in [5.41, 5.74) is 0.661. The Morgan fingerprint density at radius 1 is 1.56 bits per heavy atom. The van der Waals surface area contributed by atoms with Crippen LogP contribution in [0.2, 0.25) is 0 Å². The van der Waals surface area contributed by atoms with E-state index >= 15 is 0 Å². The average Bonchev–Trinajstić information content (AvgIpc) is 2.26. The third-order valence-corrected chi connectivity index (χ3v) is 1.97. The molecule has 0 saturated heterocycles. The van der Waals surface area contributed by atoms with Crippen molar-refractivity contribution in [2.75, 3.05) is 6.61 Å². The molecule has 0 spiro atoms. The third-order valence-electron chi connectivity index (χ3n) is 1.97. The molecule has 0 radical (unpaired) electrons. The Morgan fingerprint density at radius 2 is 2.31 bits per heavy atom. The first-order chi connectivity index (χ1) is 7.69. The maximum Gasteiger partial charge on any atom is 0.310 e. The fourth-order valence-corrected chi connectivity index (χ4v) is 1.24. The van der Waals surface area contributed by atoms with Gasteiger partial charge in [-0.3, -0.25) is 10.1 Å². The van der Waals surface area contributed by atoms with Crippen LogP contribution in [0.3, 0.4) is 0 Å². The molecule has 0 aliphatic carbocycles. The lowest BCUT2D eigenvalue weighted by Crippen LogP contribution is -2.00. The number of nitro groups is 1. The molecule has 84 valence electrons. The van der Waals surface area contributed by atoms with Gasteiger partial charge < -0.3 is 4.74 Å². The summed E-state index contributed by atoms with van der Waals surface area (Å²) in [5.74, 6) is 0.236. The summed E-state index contributed by atoms with van der Waals surface area (Å²) in [4.78, 5) is 10.2. The highest BCUT2D eigenvalue weighted by molar-refractivity contribution is 5.48. The first kappa shape index (κ1) is 12.0. The summed E-state index contributed by atoms with van der Waals surface area (Å²) < 4.78 is 5.28. The minimum absolute atomic E-state index is 0.0601. The highest BCUT2D eigenvalue weighted by Crippen LogP contribution is 2.28. The number of nitrogens with zero attached hydrogens (tertiary/aromatic N) is 2. The SMILES string of the molecule is CCCOc1cc(CC#N)ccc1[N+](=O)[O-]. The predicted octanol–water partition coefficient (Wildman–Crippen LogP) is 2.45. The Kier molecular flexibility index (Phi) is 4.28. The monoisotopic (exact) mass is 220 g/mol. The molecule has 0 aromatic heterocycles. The van der Waals surface area contributed by atoms with E-state index in [0.717, 1.165) is 12.0 Å². The van der Waals surface area contributed by atoms with Gasteiger partial charge in [0, 0.05) is 6.07 Å². The van der Waals surface area contributed by atoms with Crippen LogP contribution < -0.4 is 4.74 Å². The molecule has 0 atom stereocenters. The van der Waals surface area contributed by atoms with Gasteiger partial charge in [0.1, 0.15) is 0 Å². The zero-order chi connectivity index (χ0) is 12.0. The molecule has 1 aromatic carbocycles. The fourth-order valence-electron chi connectivity index (χ4n) is 1.24. The number of rotatable bonds is 5. The molecule has 0 aliphatic heterocycles. The normalized spacial score (nSPS) is 9.50. The molecule has 0 fully saturated rings. The second-order valence-corrected chi connectivity index (χ2v) is 3.24. The molecule has 0 unspecified atom stereocenters. The number of nitriles is 1. The van der Waals surface area contributed by atoms with Crippen LogP contribution in [0.1, 0.15) is 18.9 Å². The smallest absolute Gasteiger partial charge is 0.310 e. The van der Waals surface area contributed by atoms with Crippen molar-refractivity contribution in [3.8, 4) is 11.8 Å². The van der Waals surface area contributed by atoms with E-state index in [9.17, 15) is 10.1 Å². The van der Waals surface area contributed by atoms with Gasteiger partial charge in [0.25, 0.3) is 0 Å². The van der Waals surface area contributed by atoms with Gasteiger partial charge in [0.05, 0.1) is 24.0 Å². The summed E-state index contributed by atoms with van der Waals surface area (Å²) in [6.45, 7) is 2.35. The summed E-state index contributed by atoms with van der Waals surface area (Å²) in [6, 6.07) is 6.49. The molecule has 16 heavy (non-hydrogen) atoms. The van der Waals surface area contributed by atoms with Crippen molar-refractivity contribution >= 4 is 5.69 Å². The highest BCUT2D eigenvalue weighted by Gasteiger charge is 2.15. The Hall–Kier alpha value is -2.09. The number of benzene rings is 1. The maximum absolute atomic E-state index is 10.7. The Morgan fingerprint density at radius 3 is 2.88 bits per heavy atom. The third kappa shape index (κ3) is 2.95. The van der Waals surface area contributed by atoms with Crippen LogP contribution in [-0.4, -0.2) is 11.5 Å². The topological polar surface area (TPSA) is 76.2 Å². The van der Waals surface area contributed by atoms with Crippen molar-refractivity contribution in [1.82, 2.24) is 0 Å². The maximum atomic E-state index is 10.7. The molecular formula is C11H12N2O3. The van der Waals surface area contributed by atoms with Crippen molar-refractivity contribution in [1.29, 1.82) is 5.26 Å². The van der Waals surface area contributed by atoms with Crippen molar-refractivity contribution in [3.05, 3.63) is 33.9 Å². The van der Waals surface area contributed by atoms with Gasteiger partial charge in [-0.25, -0.2) is 0 Å². The first-order valence-electron chi connectivity index (χ1n) is 4.96. The van der Waals surface area contributed by atoms with Gasteiger partial charge in [-0.05, 0) is 18.1 Å². The summed E-state index contributed by atoms with van der Waals surface area (Å²) in [5, 5.41) is 19.3. The lowest BCUT2D eigenvalue weighted by Gasteiger charge is -2.06. The van der Waals surface area contributed by atoms with E-state index in [-0.39, 0.29) is 17.9 Å². The van der Waals surface area contributed by atoms with Gasteiger partial charge in [-0.1, -0.05) is 13.0 Å². The minimum Gasteiger partial charge on any atom is -0.487 e. The van der Waals surface area contributed by atoms with Gasteiger partial charge in [-0.2, -0.15) is 5.26 Å². The number of hydrogen-bond donors (Lipinski definition) is 0. The molecule has 0 heterocycles. The molecule has 5 heteroatoms. The van der Waals surface area contributed by atoms with E-state index in [1.165, 1.54) is 6.07 Å². The molecule has 0 N–H and O–H groups in total. The number of ether oxygens (including phenoxy) is 1. The standard InChI is InChI=1S/C11H12N2O3/c1-2-7-16-11-8-9(5-6-12)3-4-10(11)13(14)15/h3-4,8H,2,5,7H2,1H3. The molecular weight excluding hydrogens is 208 g/mol. The van der Waals surface area contributed by atoms with Crippen LogP contribution in [0, 0.1) is 21.4 Å². The van der Waals surface area contributed by atoms with Crippen molar-refractivity contribution in [3.63, 3.8) is 0 Å². The lowest BCUT2D eigenvalue weighted by molar-refractivity contribution is -0.385. The van der Waals surface area contributed by atoms with E-state index in [4.69, 9.17) is 10.00 Å². The summed E-state index contributed by atoms with van der Waals surface area (Å²) >= 11 is 0. The molecule has 1 rings (SSSR count). The second-order valence-electron chi connectivity index (χ2n) is 3.24. The molecule has 0 bridgehead atoms. The Labute approximate surface area is 93.4 Å². The average molecular weight is 220 g/mol. The zero-order valence-corrected chi connectivity index (χ0v) is 8.97. The minimum atomic E-state index is -0.485. The molecule has 0 aliphatic rings. The first-order valence-corrected chi connectivity index (χ1v) is 4.96. The van der Waals surface area contributed by atoms with Gasteiger partial charge >= 0.3 is 5.69 Å². The quantitative estimate of drug-likeness (QED) is 0.564. The van der Waals surface area contributed by atoms with E-state index in [0.29, 0.717) is 6.61 Å². The molecule has 0 amide bonds. The molecule has 0 saturated carbocycles. The van der Waals surface area contributed by atoms with E-state index in [1.807, 2.05) is 13.0 Å². The van der Waals surface area contributed by atoms with Crippen LogP contribution in [0.4, 0.5) is 5.69 Å².